The lowest BCUT2D eigenvalue weighted by molar-refractivity contribution is 0.409. The maximum absolute atomic E-state index is 13.5. The molecule has 0 saturated carbocycles. The van der Waals surface area contributed by atoms with Crippen molar-refractivity contribution in [3.63, 3.8) is 0 Å². The predicted molar refractivity (Wildman–Crippen MR) is 128 cm³/mol. The van der Waals surface area contributed by atoms with Gasteiger partial charge in [-0.15, -0.1) is 11.3 Å². The van der Waals surface area contributed by atoms with E-state index in [1.54, 1.807) is 29.3 Å². The fourth-order valence-electron chi connectivity index (χ4n) is 4.77. The van der Waals surface area contributed by atoms with Gasteiger partial charge in [-0.05, 0) is 41.7 Å². The first-order chi connectivity index (χ1) is 15.0. The highest BCUT2D eigenvalue weighted by Crippen LogP contribution is 2.34. The van der Waals surface area contributed by atoms with E-state index in [-0.39, 0.29) is 5.56 Å². The van der Waals surface area contributed by atoms with E-state index in [0.717, 1.165) is 51.6 Å². The fraction of sp³-hybridized carbons (Fsp3) is 0.360. The number of aromatic nitrogens is 2. The van der Waals surface area contributed by atoms with Crippen LogP contribution in [0.2, 0.25) is 0 Å². The zero-order valence-electron chi connectivity index (χ0n) is 18.1. The Morgan fingerprint density at radius 1 is 1.26 bits per heavy atom. The van der Waals surface area contributed by atoms with Crippen LogP contribution >= 0.6 is 11.3 Å². The molecule has 2 heterocycles. The molecule has 0 amide bonds. The number of ether oxygens (including phenoxy) is 1. The lowest BCUT2D eigenvalue weighted by atomic mass is 9.92. The monoisotopic (exact) mass is 433 g/mol. The van der Waals surface area contributed by atoms with Crippen LogP contribution in [0.5, 0.6) is 5.75 Å². The molecule has 1 unspecified atom stereocenters. The zero-order valence-corrected chi connectivity index (χ0v) is 19.0. The van der Waals surface area contributed by atoms with Crippen LogP contribution in [-0.2, 0) is 19.4 Å². The summed E-state index contributed by atoms with van der Waals surface area (Å²) in [5.41, 5.74) is 2.26. The summed E-state index contributed by atoms with van der Waals surface area (Å²) in [6.45, 7) is 4.80. The molecule has 31 heavy (non-hydrogen) atoms. The van der Waals surface area contributed by atoms with Crippen molar-refractivity contribution in [1.82, 2.24) is 14.9 Å². The Bertz CT molecular complexity index is 1320. The Morgan fingerprint density at radius 3 is 2.90 bits per heavy atom. The maximum atomic E-state index is 13.5. The predicted octanol–water partition coefficient (Wildman–Crippen LogP) is 4.52. The van der Waals surface area contributed by atoms with Gasteiger partial charge in [-0.3, -0.25) is 9.36 Å². The average Bonchev–Trinajstić information content (AvgIpc) is 3.13. The van der Waals surface area contributed by atoms with Gasteiger partial charge in [0, 0.05) is 22.5 Å². The van der Waals surface area contributed by atoms with Gasteiger partial charge in [0.25, 0.3) is 5.56 Å². The van der Waals surface area contributed by atoms with Gasteiger partial charge in [0.2, 0.25) is 0 Å². The SMILES string of the molecule is COc1ccc2ccccc2c1Cn1cnc2sc3c(c2c1=O)CCC(NC(C)C)C3. The second-order valence-electron chi connectivity index (χ2n) is 8.59. The minimum Gasteiger partial charge on any atom is -0.496 e. The Morgan fingerprint density at radius 2 is 2.10 bits per heavy atom. The number of hydrogen-bond acceptors (Lipinski definition) is 5. The number of nitrogens with zero attached hydrogens (tertiary/aromatic N) is 2. The molecule has 0 saturated heterocycles. The summed E-state index contributed by atoms with van der Waals surface area (Å²) >= 11 is 1.68. The van der Waals surface area contributed by atoms with Crippen LogP contribution in [0, 0.1) is 0 Å². The summed E-state index contributed by atoms with van der Waals surface area (Å²) in [5.74, 6) is 0.792. The molecule has 0 aliphatic heterocycles. The number of methoxy groups -OCH3 is 1. The summed E-state index contributed by atoms with van der Waals surface area (Å²) in [6.07, 6.45) is 4.66. The first-order valence-corrected chi connectivity index (χ1v) is 11.7. The zero-order chi connectivity index (χ0) is 21.5. The van der Waals surface area contributed by atoms with Crippen molar-refractivity contribution in [2.24, 2.45) is 0 Å². The van der Waals surface area contributed by atoms with Gasteiger partial charge in [-0.1, -0.05) is 44.2 Å². The number of rotatable bonds is 5. The standard InChI is InChI=1S/C25H27N3O2S/c1-15(2)27-17-9-10-19-22(12-17)31-24-23(19)25(29)28(14-26-24)13-20-18-7-5-4-6-16(18)8-11-21(20)30-3/h4-8,11,14-15,17,27H,9-10,12-13H2,1-3H3. The molecule has 5 rings (SSSR count). The summed E-state index contributed by atoms with van der Waals surface area (Å²) in [7, 11) is 1.68. The van der Waals surface area contributed by atoms with E-state index < -0.39 is 0 Å². The molecule has 1 atom stereocenters. The van der Waals surface area contributed by atoms with Gasteiger partial charge < -0.3 is 10.1 Å². The molecule has 2 aromatic carbocycles. The van der Waals surface area contributed by atoms with Gasteiger partial charge >= 0.3 is 0 Å². The smallest absolute Gasteiger partial charge is 0.262 e. The molecule has 1 aliphatic carbocycles. The third kappa shape index (κ3) is 3.64. The van der Waals surface area contributed by atoms with Gasteiger partial charge in [-0.2, -0.15) is 0 Å². The number of benzene rings is 2. The van der Waals surface area contributed by atoms with E-state index in [0.29, 0.717) is 18.6 Å². The first-order valence-electron chi connectivity index (χ1n) is 10.9. The highest BCUT2D eigenvalue weighted by atomic mass is 32.1. The minimum atomic E-state index is 0.0488. The summed E-state index contributed by atoms with van der Waals surface area (Å²) in [6, 6.07) is 13.2. The third-order valence-electron chi connectivity index (χ3n) is 6.15. The van der Waals surface area contributed by atoms with Crippen LogP contribution in [0.4, 0.5) is 0 Å². The topological polar surface area (TPSA) is 56.2 Å². The van der Waals surface area contributed by atoms with Crippen molar-refractivity contribution in [3.05, 3.63) is 69.1 Å². The van der Waals surface area contributed by atoms with E-state index >= 15 is 0 Å². The lowest BCUT2D eigenvalue weighted by Gasteiger charge is -2.25. The molecule has 6 heteroatoms. The van der Waals surface area contributed by atoms with Crippen molar-refractivity contribution >= 4 is 32.3 Å². The first kappa shape index (κ1) is 20.2. The lowest BCUT2D eigenvalue weighted by Crippen LogP contribution is -2.38. The molecular weight excluding hydrogens is 406 g/mol. The summed E-state index contributed by atoms with van der Waals surface area (Å²) in [4.78, 5) is 20.4. The van der Waals surface area contributed by atoms with Crippen molar-refractivity contribution < 1.29 is 4.74 Å². The van der Waals surface area contributed by atoms with Crippen LogP contribution < -0.4 is 15.6 Å². The van der Waals surface area contributed by atoms with Gasteiger partial charge in [0.05, 0.1) is 25.4 Å². The van der Waals surface area contributed by atoms with Crippen molar-refractivity contribution in [2.45, 2.75) is 51.7 Å². The number of nitrogens with one attached hydrogen (secondary N) is 1. The van der Waals surface area contributed by atoms with Crippen LogP contribution in [0.1, 0.15) is 36.3 Å². The highest BCUT2D eigenvalue weighted by molar-refractivity contribution is 7.18. The second kappa shape index (κ2) is 8.09. The Labute approximate surface area is 185 Å². The number of hydrogen-bond donors (Lipinski definition) is 1. The molecule has 1 N–H and O–H groups in total. The van der Waals surface area contributed by atoms with Crippen LogP contribution in [0.15, 0.2) is 47.5 Å². The van der Waals surface area contributed by atoms with E-state index in [4.69, 9.17) is 4.74 Å². The Kier molecular flexibility index (Phi) is 5.28. The van der Waals surface area contributed by atoms with Crippen molar-refractivity contribution in [2.75, 3.05) is 7.11 Å². The van der Waals surface area contributed by atoms with E-state index in [2.05, 4.69) is 42.3 Å². The fourth-order valence-corrected chi connectivity index (χ4v) is 6.03. The van der Waals surface area contributed by atoms with Crippen LogP contribution in [0.3, 0.4) is 0 Å². The quantitative estimate of drug-likeness (QED) is 0.503. The largest absolute Gasteiger partial charge is 0.496 e. The van der Waals surface area contributed by atoms with Gasteiger partial charge in [0.15, 0.2) is 0 Å². The van der Waals surface area contributed by atoms with Gasteiger partial charge in [-0.25, -0.2) is 4.98 Å². The average molecular weight is 434 g/mol. The number of fused-ring (bicyclic) bond motifs is 4. The summed E-state index contributed by atoms with van der Waals surface area (Å²) < 4.78 is 7.37. The van der Waals surface area contributed by atoms with Crippen molar-refractivity contribution in [3.8, 4) is 5.75 Å². The molecule has 0 spiro atoms. The van der Waals surface area contributed by atoms with Crippen LogP contribution in [-0.4, -0.2) is 28.7 Å². The molecule has 1 aliphatic rings. The molecule has 0 radical (unpaired) electrons. The maximum Gasteiger partial charge on any atom is 0.262 e. The molecule has 4 aromatic rings. The third-order valence-corrected chi connectivity index (χ3v) is 7.31. The molecule has 2 aromatic heterocycles. The minimum absolute atomic E-state index is 0.0488. The van der Waals surface area contributed by atoms with E-state index in [9.17, 15) is 4.79 Å². The van der Waals surface area contributed by atoms with Gasteiger partial charge in [0.1, 0.15) is 10.6 Å². The van der Waals surface area contributed by atoms with Crippen molar-refractivity contribution in [1.29, 1.82) is 0 Å². The summed E-state index contributed by atoms with van der Waals surface area (Å²) in [5, 5.41) is 6.69. The van der Waals surface area contributed by atoms with Crippen LogP contribution in [0.25, 0.3) is 21.0 Å². The molecule has 160 valence electrons. The number of aryl methyl sites for hydroxylation is 1. The molecule has 0 fully saturated rings. The molecular formula is C25H27N3O2S. The van der Waals surface area contributed by atoms with E-state index in [1.807, 2.05) is 18.2 Å². The Hall–Kier alpha value is -2.70. The Balaban J connectivity index is 1.57. The normalized spacial score (nSPS) is 16.2. The highest BCUT2D eigenvalue weighted by Gasteiger charge is 2.25. The van der Waals surface area contributed by atoms with E-state index in [1.165, 1.54) is 10.4 Å². The second-order valence-corrected chi connectivity index (χ2v) is 9.67. The molecule has 5 nitrogen and oxygen atoms in total. The molecule has 0 bridgehead atoms. The number of thiophene rings is 1.